The number of thiazole rings is 1. The number of aromatic amines is 1. The molecule has 0 atom stereocenters. The van der Waals surface area contributed by atoms with Crippen molar-refractivity contribution in [3.63, 3.8) is 0 Å². The molecule has 2 aliphatic rings. The van der Waals surface area contributed by atoms with Crippen molar-refractivity contribution in [2.24, 2.45) is 0 Å². The van der Waals surface area contributed by atoms with Crippen LogP contribution in [0.1, 0.15) is 36.2 Å². The maximum absolute atomic E-state index is 12.9. The Labute approximate surface area is 174 Å². The molecule has 1 aromatic carbocycles. The van der Waals surface area contributed by atoms with Gasteiger partial charge in [0, 0.05) is 54.7 Å². The first-order chi connectivity index (χ1) is 14.3. The van der Waals surface area contributed by atoms with Gasteiger partial charge in [0.2, 0.25) is 0 Å². The minimum atomic E-state index is 0.121. The second-order valence-corrected chi connectivity index (χ2v) is 8.80. The lowest BCUT2D eigenvalue weighted by atomic mass is 9.98. The molecule has 1 N–H and O–H groups in total. The molecule has 0 unspecified atom stereocenters. The average Bonchev–Trinajstić information content (AvgIpc) is 3.43. The highest BCUT2D eigenvalue weighted by atomic mass is 32.1. The Balaban J connectivity index is 1.12. The Morgan fingerprint density at radius 1 is 1.10 bits per heavy atom. The molecule has 2 aliphatic heterocycles. The first-order valence-corrected chi connectivity index (χ1v) is 11.3. The maximum Gasteiger partial charge on any atom is 0.273 e. The van der Waals surface area contributed by atoms with E-state index in [0.29, 0.717) is 11.7 Å². The summed E-state index contributed by atoms with van der Waals surface area (Å²) >= 11 is 1.56. The lowest BCUT2D eigenvalue weighted by molar-refractivity contribution is 0.0423. The van der Waals surface area contributed by atoms with Gasteiger partial charge in [-0.25, -0.2) is 4.98 Å². The van der Waals surface area contributed by atoms with Crippen molar-refractivity contribution in [2.75, 3.05) is 26.2 Å². The van der Waals surface area contributed by atoms with Gasteiger partial charge in [0.25, 0.3) is 11.1 Å². The summed E-state index contributed by atoms with van der Waals surface area (Å²) in [6.45, 7) is 3.79. The average molecular weight is 411 g/mol. The molecule has 0 radical (unpaired) electrons. The van der Waals surface area contributed by atoms with Gasteiger partial charge in [0.05, 0.1) is 0 Å². The summed E-state index contributed by atoms with van der Waals surface area (Å²) in [5.41, 5.74) is 1.72. The number of benzene rings is 1. The van der Waals surface area contributed by atoms with E-state index >= 15 is 0 Å². The Morgan fingerprint density at radius 2 is 1.90 bits per heavy atom. The van der Waals surface area contributed by atoms with Gasteiger partial charge in [-0.1, -0.05) is 29.5 Å². The Morgan fingerprint density at radius 3 is 2.62 bits per heavy atom. The molecular formula is C22H26N4O2S. The van der Waals surface area contributed by atoms with Crippen LogP contribution in [-0.2, 0) is 0 Å². The number of hydrogen-bond acceptors (Lipinski definition) is 5. The monoisotopic (exact) mass is 410 g/mol. The van der Waals surface area contributed by atoms with Gasteiger partial charge >= 0.3 is 0 Å². The van der Waals surface area contributed by atoms with Gasteiger partial charge < -0.3 is 14.6 Å². The summed E-state index contributed by atoms with van der Waals surface area (Å²) in [6.07, 6.45) is 6.26. The predicted molar refractivity (Wildman–Crippen MR) is 115 cm³/mol. The SMILES string of the molecule is O=C(c1cc2ccccc2[nH]1)N1CCC(N2CCC(Oc3nccs3)CC2)CC1. The Hall–Kier alpha value is -2.38. The third-order valence-corrected chi connectivity index (χ3v) is 6.84. The molecule has 5 rings (SSSR count). The number of amides is 1. The number of carbonyl (C=O) groups excluding carboxylic acids is 1. The van der Waals surface area contributed by atoms with Crippen molar-refractivity contribution in [1.29, 1.82) is 0 Å². The van der Waals surface area contributed by atoms with E-state index in [1.165, 1.54) is 0 Å². The van der Waals surface area contributed by atoms with Crippen LogP contribution < -0.4 is 4.74 Å². The van der Waals surface area contributed by atoms with Gasteiger partial charge in [-0.2, -0.15) is 0 Å². The van der Waals surface area contributed by atoms with Gasteiger partial charge in [0.1, 0.15) is 11.8 Å². The summed E-state index contributed by atoms with van der Waals surface area (Å²) < 4.78 is 5.98. The smallest absolute Gasteiger partial charge is 0.273 e. The summed E-state index contributed by atoms with van der Waals surface area (Å²) in [7, 11) is 0. The molecule has 7 heteroatoms. The number of piperidine rings is 2. The van der Waals surface area contributed by atoms with E-state index in [0.717, 1.165) is 68.0 Å². The number of likely N-dealkylation sites (tertiary alicyclic amines) is 2. The van der Waals surface area contributed by atoms with Crippen molar-refractivity contribution in [2.45, 2.75) is 37.8 Å². The standard InChI is InChI=1S/C22H26N4O2S/c27-21(20-15-16-3-1-2-4-19(16)24-20)26-10-5-17(6-11-26)25-12-7-18(8-13-25)28-22-23-9-14-29-22/h1-4,9,14-15,17-18,24H,5-8,10-13H2. The fraction of sp³-hybridized carbons (Fsp3) is 0.455. The van der Waals surface area contributed by atoms with Crippen molar-refractivity contribution < 1.29 is 9.53 Å². The molecule has 2 fully saturated rings. The quantitative estimate of drug-likeness (QED) is 0.711. The van der Waals surface area contributed by atoms with Crippen LogP contribution in [0.15, 0.2) is 41.9 Å². The number of carbonyl (C=O) groups is 1. The minimum Gasteiger partial charge on any atom is -0.467 e. The lowest BCUT2D eigenvalue weighted by Crippen LogP contribution is -2.50. The highest BCUT2D eigenvalue weighted by Gasteiger charge is 2.31. The summed E-state index contributed by atoms with van der Waals surface area (Å²) in [4.78, 5) is 25.0. The first-order valence-electron chi connectivity index (χ1n) is 10.4. The Bertz CT molecular complexity index is 921. The number of aromatic nitrogens is 2. The number of ether oxygens (including phenoxy) is 1. The van der Waals surface area contributed by atoms with E-state index < -0.39 is 0 Å². The third-order valence-electron chi connectivity index (χ3n) is 6.18. The van der Waals surface area contributed by atoms with E-state index in [1.807, 2.05) is 40.6 Å². The lowest BCUT2D eigenvalue weighted by Gasteiger charge is -2.41. The molecular weight excluding hydrogens is 384 g/mol. The van der Waals surface area contributed by atoms with Gasteiger partial charge in [-0.15, -0.1) is 0 Å². The topological polar surface area (TPSA) is 61.5 Å². The predicted octanol–water partition coefficient (Wildman–Crippen LogP) is 3.77. The second kappa shape index (κ2) is 8.16. The van der Waals surface area contributed by atoms with Crippen LogP contribution >= 0.6 is 11.3 Å². The normalized spacial score (nSPS) is 19.7. The molecule has 0 aliphatic carbocycles. The molecule has 2 saturated heterocycles. The van der Waals surface area contributed by atoms with Crippen molar-refractivity contribution in [3.05, 3.63) is 47.6 Å². The van der Waals surface area contributed by atoms with Crippen LogP contribution in [0.25, 0.3) is 10.9 Å². The number of rotatable bonds is 4. The van der Waals surface area contributed by atoms with Crippen LogP contribution in [0.2, 0.25) is 0 Å². The van der Waals surface area contributed by atoms with Gasteiger partial charge in [-0.05, 0) is 37.8 Å². The van der Waals surface area contributed by atoms with Crippen molar-refractivity contribution in [3.8, 4) is 5.19 Å². The highest BCUT2D eigenvalue weighted by Crippen LogP contribution is 2.25. The van der Waals surface area contributed by atoms with E-state index in [-0.39, 0.29) is 12.0 Å². The molecule has 0 bridgehead atoms. The van der Waals surface area contributed by atoms with E-state index in [1.54, 1.807) is 17.5 Å². The van der Waals surface area contributed by atoms with Crippen LogP contribution in [0.3, 0.4) is 0 Å². The maximum atomic E-state index is 12.9. The zero-order valence-electron chi connectivity index (χ0n) is 16.4. The molecule has 2 aromatic heterocycles. The zero-order chi connectivity index (χ0) is 19.6. The molecule has 0 spiro atoms. The number of H-pyrrole nitrogens is 1. The van der Waals surface area contributed by atoms with Crippen LogP contribution in [0, 0.1) is 0 Å². The van der Waals surface area contributed by atoms with E-state index in [2.05, 4.69) is 14.9 Å². The highest BCUT2D eigenvalue weighted by molar-refractivity contribution is 7.11. The molecule has 29 heavy (non-hydrogen) atoms. The van der Waals surface area contributed by atoms with Crippen LogP contribution in [0.5, 0.6) is 5.19 Å². The minimum absolute atomic E-state index is 0.121. The fourth-order valence-corrected chi connectivity index (χ4v) is 5.11. The molecule has 152 valence electrons. The Kier molecular flexibility index (Phi) is 5.24. The van der Waals surface area contributed by atoms with Gasteiger partial charge in [-0.3, -0.25) is 9.69 Å². The molecule has 6 nitrogen and oxygen atoms in total. The molecule has 0 saturated carbocycles. The first kappa shape index (κ1) is 18.6. The fourth-order valence-electron chi connectivity index (χ4n) is 4.56. The summed E-state index contributed by atoms with van der Waals surface area (Å²) in [6, 6.07) is 10.6. The number of para-hydroxylation sites is 1. The summed E-state index contributed by atoms with van der Waals surface area (Å²) in [5, 5.41) is 3.83. The van der Waals surface area contributed by atoms with E-state index in [4.69, 9.17) is 4.74 Å². The largest absolute Gasteiger partial charge is 0.467 e. The number of hydrogen-bond donors (Lipinski definition) is 1. The molecule has 1 amide bonds. The third kappa shape index (κ3) is 4.02. The van der Waals surface area contributed by atoms with Crippen molar-refractivity contribution in [1.82, 2.24) is 19.8 Å². The molecule has 4 heterocycles. The number of fused-ring (bicyclic) bond motifs is 1. The van der Waals surface area contributed by atoms with Crippen molar-refractivity contribution >= 4 is 28.1 Å². The second-order valence-electron chi connectivity index (χ2n) is 7.94. The number of nitrogens with one attached hydrogen (secondary N) is 1. The van der Waals surface area contributed by atoms with Crippen LogP contribution in [0.4, 0.5) is 0 Å². The number of nitrogens with zero attached hydrogens (tertiary/aromatic N) is 3. The zero-order valence-corrected chi connectivity index (χ0v) is 17.2. The molecule has 3 aromatic rings. The van der Waals surface area contributed by atoms with Crippen LogP contribution in [-0.4, -0.2) is 64.0 Å². The summed E-state index contributed by atoms with van der Waals surface area (Å²) in [5.74, 6) is 0.121. The van der Waals surface area contributed by atoms with Gasteiger partial charge in [0.15, 0.2) is 0 Å². The van der Waals surface area contributed by atoms with E-state index in [9.17, 15) is 4.79 Å².